The molecule has 0 aliphatic rings. The molecule has 0 radical (unpaired) electrons. The Morgan fingerprint density at radius 1 is 1.32 bits per heavy atom. The Bertz CT molecular complexity index is 730. The maximum absolute atomic E-state index is 12.0. The summed E-state index contributed by atoms with van der Waals surface area (Å²) in [4.78, 5) is 28.2. The number of para-hydroxylation sites is 2. The van der Waals surface area contributed by atoms with Crippen molar-refractivity contribution in [3.05, 3.63) is 24.3 Å². The topological polar surface area (TPSA) is 85.2 Å². The highest BCUT2D eigenvalue weighted by Gasteiger charge is 2.14. The molecule has 0 unspecified atom stereocenters. The first kappa shape index (κ1) is 19.3. The molecule has 1 aromatic heterocycles. The van der Waals surface area contributed by atoms with E-state index >= 15 is 0 Å². The lowest BCUT2D eigenvalue weighted by molar-refractivity contribution is -0.117. The van der Waals surface area contributed by atoms with E-state index in [1.54, 1.807) is 7.11 Å². The number of fused-ring (bicyclic) bond motifs is 1. The number of imide groups is 1. The van der Waals surface area contributed by atoms with Crippen molar-refractivity contribution in [2.24, 2.45) is 5.92 Å². The van der Waals surface area contributed by atoms with Crippen LogP contribution in [0.5, 0.6) is 0 Å². The zero-order chi connectivity index (χ0) is 18.2. The summed E-state index contributed by atoms with van der Waals surface area (Å²) in [7, 11) is 1.65. The number of nitrogens with zero attached hydrogens (tertiary/aromatic N) is 2. The number of ether oxygens (including phenoxy) is 1. The van der Waals surface area contributed by atoms with Crippen LogP contribution in [0.1, 0.15) is 13.8 Å². The molecule has 0 bridgehead atoms. The molecule has 2 N–H and O–H groups in total. The van der Waals surface area contributed by atoms with Crippen molar-refractivity contribution in [3.8, 4) is 0 Å². The number of carbonyl (C=O) groups excluding carboxylic acids is 2. The summed E-state index contributed by atoms with van der Waals surface area (Å²) in [5, 5.41) is 5.72. The Morgan fingerprint density at radius 2 is 2.08 bits per heavy atom. The predicted molar refractivity (Wildman–Crippen MR) is 98.7 cm³/mol. The first-order valence-electron chi connectivity index (χ1n) is 8.16. The van der Waals surface area contributed by atoms with Crippen LogP contribution in [0.2, 0.25) is 0 Å². The number of carbonyl (C=O) groups is 2. The largest absolute Gasteiger partial charge is 0.383 e. The minimum atomic E-state index is -0.466. The molecule has 0 spiro atoms. The molecule has 0 saturated heterocycles. The highest BCUT2D eigenvalue weighted by atomic mass is 32.2. The fourth-order valence-electron chi connectivity index (χ4n) is 2.20. The number of aromatic nitrogens is 2. The zero-order valence-electron chi connectivity index (χ0n) is 14.7. The lowest BCUT2D eigenvalue weighted by atomic mass is 10.2. The van der Waals surface area contributed by atoms with E-state index in [4.69, 9.17) is 4.74 Å². The molecular weight excluding hydrogens is 340 g/mol. The fraction of sp³-hybridized carbons (Fsp3) is 0.471. The van der Waals surface area contributed by atoms with Crippen LogP contribution in [0.15, 0.2) is 29.4 Å². The smallest absolute Gasteiger partial charge is 0.321 e. The highest BCUT2D eigenvalue weighted by Crippen LogP contribution is 2.23. The number of imidazole rings is 1. The van der Waals surface area contributed by atoms with Crippen molar-refractivity contribution in [3.63, 3.8) is 0 Å². The molecule has 2 rings (SSSR count). The minimum Gasteiger partial charge on any atom is -0.383 e. The first-order valence-corrected chi connectivity index (χ1v) is 9.14. The molecule has 1 heterocycles. The number of rotatable bonds is 8. The van der Waals surface area contributed by atoms with Crippen LogP contribution in [0.4, 0.5) is 4.79 Å². The van der Waals surface area contributed by atoms with Crippen molar-refractivity contribution in [1.29, 1.82) is 0 Å². The average Bonchev–Trinajstić information content (AvgIpc) is 2.94. The summed E-state index contributed by atoms with van der Waals surface area (Å²) < 4.78 is 7.18. The molecule has 0 saturated carbocycles. The Hall–Kier alpha value is -2.06. The van der Waals surface area contributed by atoms with Gasteiger partial charge in [-0.15, -0.1) is 0 Å². The summed E-state index contributed by atoms with van der Waals surface area (Å²) in [5.74, 6) is 0.0957. The Labute approximate surface area is 151 Å². The third-order valence-electron chi connectivity index (χ3n) is 3.39. The normalized spacial score (nSPS) is 11.0. The van der Waals surface area contributed by atoms with Crippen molar-refractivity contribution < 1.29 is 14.3 Å². The van der Waals surface area contributed by atoms with Gasteiger partial charge in [0.25, 0.3) is 0 Å². The maximum Gasteiger partial charge on any atom is 0.321 e. The first-order chi connectivity index (χ1) is 12.0. The molecule has 0 aliphatic heterocycles. The zero-order valence-corrected chi connectivity index (χ0v) is 15.6. The van der Waals surface area contributed by atoms with Crippen LogP contribution in [-0.2, 0) is 16.1 Å². The van der Waals surface area contributed by atoms with Crippen LogP contribution >= 0.6 is 11.8 Å². The van der Waals surface area contributed by atoms with E-state index in [0.717, 1.165) is 16.2 Å². The van der Waals surface area contributed by atoms with E-state index in [1.807, 2.05) is 42.7 Å². The van der Waals surface area contributed by atoms with Crippen molar-refractivity contribution in [2.75, 3.05) is 26.0 Å². The summed E-state index contributed by atoms with van der Waals surface area (Å²) in [5.41, 5.74) is 1.87. The number of nitrogens with one attached hydrogen (secondary N) is 2. The fourth-order valence-corrected chi connectivity index (χ4v) is 3.04. The van der Waals surface area contributed by atoms with Gasteiger partial charge in [-0.05, 0) is 18.1 Å². The molecule has 3 amide bonds. The molecule has 0 atom stereocenters. The summed E-state index contributed by atoms with van der Waals surface area (Å²) in [6, 6.07) is 7.33. The van der Waals surface area contributed by atoms with Crippen LogP contribution in [0.3, 0.4) is 0 Å². The molecule has 1 aromatic carbocycles. The van der Waals surface area contributed by atoms with Crippen LogP contribution < -0.4 is 10.6 Å². The molecule has 7 nitrogen and oxygen atoms in total. The second-order valence-electron chi connectivity index (χ2n) is 5.97. The SMILES string of the molecule is COCCn1c(SCC(=O)NC(=O)NCC(C)C)nc2ccccc21. The van der Waals surface area contributed by atoms with Gasteiger partial charge >= 0.3 is 6.03 Å². The molecule has 0 aliphatic carbocycles. The van der Waals surface area contributed by atoms with Crippen molar-refractivity contribution in [1.82, 2.24) is 20.2 Å². The maximum atomic E-state index is 12.0. The van der Waals surface area contributed by atoms with Crippen molar-refractivity contribution in [2.45, 2.75) is 25.5 Å². The highest BCUT2D eigenvalue weighted by molar-refractivity contribution is 7.99. The Balaban J connectivity index is 1.97. The van der Waals surface area contributed by atoms with Gasteiger partial charge in [0.2, 0.25) is 5.91 Å². The van der Waals surface area contributed by atoms with E-state index in [0.29, 0.717) is 25.6 Å². The summed E-state index contributed by atoms with van der Waals surface area (Å²) in [6.07, 6.45) is 0. The Kier molecular flexibility index (Phi) is 7.27. The number of amides is 3. The summed E-state index contributed by atoms with van der Waals surface area (Å²) in [6.45, 7) is 5.71. The van der Waals surface area contributed by atoms with E-state index < -0.39 is 6.03 Å². The van der Waals surface area contributed by atoms with Crippen LogP contribution in [0, 0.1) is 5.92 Å². The van der Waals surface area contributed by atoms with Crippen LogP contribution in [0.25, 0.3) is 11.0 Å². The van der Waals surface area contributed by atoms with Crippen LogP contribution in [-0.4, -0.2) is 47.5 Å². The number of hydrogen-bond acceptors (Lipinski definition) is 5. The molecule has 136 valence electrons. The minimum absolute atomic E-state index is 0.116. The van der Waals surface area contributed by atoms with E-state index in [-0.39, 0.29) is 11.7 Å². The standard InChI is InChI=1S/C17H24N4O3S/c1-12(2)10-18-16(23)20-15(22)11-25-17-19-13-6-4-5-7-14(13)21(17)8-9-24-3/h4-7,12H,8-11H2,1-3H3,(H2,18,20,22,23). The lowest BCUT2D eigenvalue weighted by Gasteiger charge is -2.09. The van der Waals surface area contributed by atoms with E-state index in [9.17, 15) is 9.59 Å². The third kappa shape index (κ3) is 5.75. The van der Waals surface area contributed by atoms with Gasteiger partial charge in [-0.2, -0.15) is 0 Å². The molecule has 25 heavy (non-hydrogen) atoms. The Morgan fingerprint density at radius 3 is 2.80 bits per heavy atom. The monoisotopic (exact) mass is 364 g/mol. The second-order valence-corrected chi connectivity index (χ2v) is 6.91. The van der Waals surface area contributed by atoms with Gasteiger partial charge in [0.15, 0.2) is 5.16 Å². The van der Waals surface area contributed by atoms with Gasteiger partial charge in [-0.1, -0.05) is 37.7 Å². The third-order valence-corrected chi connectivity index (χ3v) is 4.37. The van der Waals surface area contributed by atoms with Gasteiger partial charge in [0, 0.05) is 20.2 Å². The van der Waals surface area contributed by atoms with E-state index in [2.05, 4.69) is 15.6 Å². The number of methoxy groups -OCH3 is 1. The van der Waals surface area contributed by atoms with E-state index in [1.165, 1.54) is 11.8 Å². The van der Waals surface area contributed by atoms with Gasteiger partial charge in [0.1, 0.15) is 0 Å². The number of urea groups is 1. The lowest BCUT2D eigenvalue weighted by Crippen LogP contribution is -2.41. The molecule has 2 aromatic rings. The molecular formula is C17H24N4O3S. The van der Waals surface area contributed by atoms with Gasteiger partial charge in [-0.25, -0.2) is 9.78 Å². The molecule has 8 heteroatoms. The predicted octanol–water partition coefficient (Wildman–Crippen LogP) is 2.26. The van der Waals surface area contributed by atoms with Gasteiger partial charge in [0.05, 0.1) is 23.4 Å². The quantitative estimate of drug-likeness (QED) is 0.702. The number of hydrogen-bond donors (Lipinski definition) is 2. The van der Waals surface area contributed by atoms with Gasteiger partial charge < -0.3 is 14.6 Å². The average molecular weight is 364 g/mol. The second kappa shape index (κ2) is 9.43. The number of benzene rings is 1. The summed E-state index contributed by atoms with van der Waals surface area (Å²) >= 11 is 1.30. The number of thioether (sulfide) groups is 1. The van der Waals surface area contributed by atoms with Gasteiger partial charge in [-0.3, -0.25) is 10.1 Å². The molecule has 0 fully saturated rings. The van der Waals surface area contributed by atoms with Crippen molar-refractivity contribution >= 4 is 34.7 Å².